The molecule has 3 rings (SSSR count). The van der Waals surface area contributed by atoms with Gasteiger partial charge in [-0.3, -0.25) is 14.4 Å². The molecule has 3 amide bonds. The highest BCUT2D eigenvalue weighted by atomic mass is 32.2. The molecular weight excluding hydrogens is 394 g/mol. The molecule has 0 spiro atoms. The molecule has 2 aromatic rings. The number of anilines is 1. The lowest BCUT2D eigenvalue weighted by atomic mass is 10.2. The van der Waals surface area contributed by atoms with Crippen molar-refractivity contribution in [1.82, 2.24) is 30.4 Å². The summed E-state index contributed by atoms with van der Waals surface area (Å²) in [6, 6.07) is 6.69. The van der Waals surface area contributed by atoms with Crippen molar-refractivity contribution in [3.63, 3.8) is 0 Å². The van der Waals surface area contributed by atoms with E-state index in [1.807, 2.05) is 4.90 Å². The Kier molecular flexibility index (Phi) is 7.17. The fraction of sp³-hybridized carbons (Fsp3) is 0.444. The normalized spacial score (nSPS) is 13.6. The van der Waals surface area contributed by atoms with Crippen LogP contribution < -0.4 is 10.6 Å². The maximum atomic E-state index is 12.2. The molecule has 1 aromatic carbocycles. The monoisotopic (exact) mass is 417 g/mol. The average Bonchev–Trinajstić information content (AvgIpc) is 3.31. The van der Waals surface area contributed by atoms with Gasteiger partial charge in [-0.1, -0.05) is 11.8 Å². The number of benzene rings is 1. The van der Waals surface area contributed by atoms with Gasteiger partial charge in [0.1, 0.15) is 0 Å². The first kappa shape index (κ1) is 20.8. The molecule has 0 radical (unpaired) electrons. The summed E-state index contributed by atoms with van der Waals surface area (Å²) in [6.45, 7) is 2.00. The van der Waals surface area contributed by atoms with Gasteiger partial charge < -0.3 is 15.5 Å². The highest BCUT2D eigenvalue weighted by Gasteiger charge is 2.19. The molecule has 1 aromatic heterocycles. The van der Waals surface area contributed by atoms with Crippen molar-refractivity contribution < 1.29 is 14.4 Å². The minimum atomic E-state index is -0.188. The third kappa shape index (κ3) is 6.01. The van der Waals surface area contributed by atoms with E-state index in [2.05, 4.69) is 26.2 Å². The maximum Gasteiger partial charge on any atom is 0.251 e. The minimum absolute atomic E-state index is 0.177. The second-order valence-corrected chi connectivity index (χ2v) is 7.54. The van der Waals surface area contributed by atoms with E-state index < -0.39 is 0 Å². The number of nitrogens with zero attached hydrogens (tertiary/aromatic N) is 5. The number of carbonyl (C=O) groups is 3. The van der Waals surface area contributed by atoms with E-state index in [0.29, 0.717) is 35.9 Å². The summed E-state index contributed by atoms with van der Waals surface area (Å²) >= 11 is 1.24. The van der Waals surface area contributed by atoms with Crippen LogP contribution in [0.15, 0.2) is 29.4 Å². The van der Waals surface area contributed by atoms with Gasteiger partial charge in [-0.15, -0.1) is 5.10 Å². The Balaban J connectivity index is 1.38. The molecule has 10 nitrogen and oxygen atoms in total. The first-order valence-corrected chi connectivity index (χ1v) is 10.3. The molecule has 1 aliphatic rings. The number of thioether (sulfide) groups is 1. The van der Waals surface area contributed by atoms with Gasteiger partial charge in [0.05, 0.1) is 5.75 Å². The van der Waals surface area contributed by atoms with Crippen molar-refractivity contribution >= 4 is 35.2 Å². The second kappa shape index (κ2) is 10.0. The van der Waals surface area contributed by atoms with Crippen molar-refractivity contribution in [3.05, 3.63) is 29.8 Å². The highest BCUT2D eigenvalue weighted by Crippen LogP contribution is 2.14. The molecule has 1 fully saturated rings. The summed E-state index contributed by atoms with van der Waals surface area (Å²) < 4.78 is 1.49. The van der Waals surface area contributed by atoms with Gasteiger partial charge in [0.15, 0.2) is 0 Å². The van der Waals surface area contributed by atoms with Gasteiger partial charge in [-0.25, -0.2) is 4.68 Å². The standard InChI is InChI=1S/C18H23N7O3S/c1-24-18(21-22-23-24)29-12-15(26)20-14-7-5-13(6-8-14)17(28)19-9-3-11-25-10-2-4-16(25)27/h5-8H,2-4,9-12H2,1H3,(H,19,28)(H,20,26). The van der Waals surface area contributed by atoms with E-state index in [0.717, 1.165) is 19.4 Å². The number of tetrazole rings is 1. The van der Waals surface area contributed by atoms with Crippen molar-refractivity contribution in [2.24, 2.45) is 7.05 Å². The van der Waals surface area contributed by atoms with Crippen LogP contribution in [-0.4, -0.2) is 68.2 Å². The van der Waals surface area contributed by atoms with Crippen LogP contribution in [0.1, 0.15) is 29.6 Å². The Morgan fingerprint density at radius 2 is 2.03 bits per heavy atom. The predicted molar refractivity (Wildman–Crippen MR) is 107 cm³/mol. The maximum absolute atomic E-state index is 12.2. The molecule has 0 saturated carbocycles. The molecule has 2 N–H and O–H groups in total. The molecule has 0 aliphatic carbocycles. The summed E-state index contributed by atoms with van der Waals surface area (Å²) in [5, 5.41) is 17.2. The van der Waals surface area contributed by atoms with E-state index in [-0.39, 0.29) is 23.5 Å². The zero-order valence-corrected chi connectivity index (χ0v) is 16.9. The van der Waals surface area contributed by atoms with Crippen molar-refractivity contribution in [2.75, 3.05) is 30.7 Å². The number of likely N-dealkylation sites (tertiary alicyclic amines) is 1. The van der Waals surface area contributed by atoms with E-state index in [1.165, 1.54) is 16.4 Å². The highest BCUT2D eigenvalue weighted by molar-refractivity contribution is 7.99. The second-order valence-electron chi connectivity index (χ2n) is 6.59. The zero-order valence-electron chi connectivity index (χ0n) is 16.1. The largest absolute Gasteiger partial charge is 0.352 e. The van der Waals surface area contributed by atoms with Crippen LogP contribution in [0.4, 0.5) is 5.69 Å². The number of aryl methyl sites for hydroxylation is 1. The molecule has 154 valence electrons. The van der Waals surface area contributed by atoms with E-state index >= 15 is 0 Å². The number of aromatic nitrogens is 4. The summed E-state index contributed by atoms with van der Waals surface area (Å²) in [5.74, 6) is 0.00363. The molecule has 1 aliphatic heterocycles. The molecule has 0 bridgehead atoms. The van der Waals surface area contributed by atoms with Gasteiger partial charge in [0.25, 0.3) is 5.91 Å². The third-order valence-electron chi connectivity index (χ3n) is 4.41. The van der Waals surface area contributed by atoms with Crippen molar-refractivity contribution in [1.29, 1.82) is 0 Å². The van der Waals surface area contributed by atoms with Crippen LogP contribution in [0.3, 0.4) is 0 Å². The number of carbonyl (C=O) groups excluding carboxylic acids is 3. The molecule has 0 atom stereocenters. The Morgan fingerprint density at radius 1 is 1.24 bits per heavy atom. The van der Waals surface area contributed by atoms with Gasteiger partial charge in [-0.05, 0) is 47.5 Å². The Hall–Kier alpha value is -2.95. The lowest BCUT2D eigenvalue weighted by Gasteiger charge is -2.15. The lowest BCUT2D eigenvalue weighted by molar-refractivity contribution is -0.127. The van der Waals surface area contributed by atoms with Crippen LogP contribution in [0.25, 0.3) is 0 Å². The van der Waals surface area contributed by atoms with Gasteiger partial charge in [-0.2, -0.15) is 0 Å². The molecule has 1 saturated heterocycles. The van der Waals surface area contributed by atoms with Gasteiger partial charge in [0.2, 0.25) is 17.0 Å². The number of hydrogen-bond donors (Lipinski definition) is 2. The first-order chi connectivity index (χ1) is 14.0. The molecule has 29 heavy (non-hydrogen) atoms. The number of amides is 3. The quantitative estimate of drug-likeness (QED) is 0.454. The fourth-order valence-corrected chi connectivity index (χ4v) is 3.54. The van der Waals surface area contributed by atoms with E-state index in [9.17, 15) is 14.4 Å². The van der Waals surface area contributed by atoms with Crippen molar-refractivity contribution in [3.8, 4) is 0 Å². The predicted octanol–water partition coefficient (Wildman–Crippen LogP) is 0.683. The number of hydrogen-bond acceptors (Lipinski definition) is 7. The van der Waals surface area contributed by atoms with Gasteiger partial charge in [0, 0.05) is 44.4 Å². The number of nitrogens with one attached hydrogen (secondary N) is 2. The summed E-state index contributed by atoms with van der Waals surface area (Å²) in [7, 11) is 1.70. The van der Waals surface area contributed by atoms with Crippen LogP contribution in [0, 0.1) is 0 Å². The molecule has 2 heterocycles. The molecule has 0 unspecified atom stereocenters. The smallest absolute Gasteiger partial charge is 0.251 e. The van der Waals surface area contributed by atoms with Crippen LogP contribution >= 0.6 is 11.8 Å². The van der Waals surface area contributed by atoms with E-state index in [4.69, 9.17) is 0 Å². The Bertz CT molecular complexity index is 869. The van der Waals surface area contributed by atoms with Gasteiger partial charge >= 0.3 is 0 Å². The fourth-order valence-electron chi connectivity index (χ4n) is 2.89. The van der Waals surface area contributed by atoms with Crippen LogP contribution in [0.5, 0.6) is 0 Å². The summed E-state index contributed by atoms with van der Waals surface area (Å²) in [6.07, 6.45) is 2.28. The lowest BCUT2D eigenvalue weighted by Crippen LogP contribution is -2.30. The Labute approximate surface area is 172 Å². The molecular formula is C18H23N7O3S. The Morgan fingerprint density at radius 3 is 2.69 bits per heavy atom. The number of rotatable bonds is 9. The summed E-state index contributed by atoms with van der Waals surface area (Å²) in [4.78, 5) is 37.6. The topological polar surface area (TPSA) is 122 Å². The first-order valence-electron chi connectivity index (χ1n) is 9.34. The summed E-state index contributed by atoms with van der Waals surface area (Å²) in [5.41, 5.74) is 1.12. The van der Waals surface area contributed by atoms with E-state index in [1.54, 1.807) is 31.3 Å². The molecule has 11 heteroatoms. The van der Waals surface area contributed by atoms with Crippen LogP contribution in [0.2, 0.25) is 0 Å². The minimum Gasteiger partial charge on any atom is -0.352 e. The van der Waals surface area contributed by atoms with Crippen LogP contribution in [-0.2, 0) is 16.6 Å². The SMILES string of the molecule is Cn1nnnc1SCC(=O)Nc1ccc(C(=O)NCCCN2CCCC2=O)cc1. The zero-order chi connectivity index (χ0) is 20.6. The van der Waals surface area contributed by atoms with Crippen molar-refractivity contribution in [2.45, 2.75) is 24.4 Å². The third-order valence-corrected chi connectivity index (χ3v) is 5.42. The average molecular weight is 417 g/mol.